The minimum Gasteiger partial charge on any atom is -0.454 e. The molecule has 7 heteroatoms. The van der Waals surface area contributed by atoms with Gasteiger partial charge in [0.1, 0.15) is 6.04 Å². The first-order chi connectivity index (χ1) is 11.9. The summed E-state index contributed by atoms with van der Waals surface area (Å²) >= 11 is 1.60. The normalized spacial score (nSPS) is 25.0. The third-order valence-electron chi connectivity index (χ3n) is 4.80. The van der Waals surface area contributed by atoms with Gasteiger partial charge in [0.05, 0.1) is 4.87 Å². The van der Waals surface area contributed by atoms with Crippen molar-refractivity contribution in [2.45, 2.75) is 44.1 Å². The lowest BCUT2D eigenvalue weighted by Crippen LogP contribution is -2.47. The van der Waals surface area contributed by atoms with Gasteiger partial charge in [-0.1, -0.05) is 24.3 Å². The minimum absolute atomic E-state index is 0.0153. The summed E-state index contributed by atoms with van der Waals surface area (Å²) < 4.78 is 5.15. The number of thioether (sulfide) groups is 1. The molecular formula is C18H22N2O4S. The molecule has 0 bridgehead atoms. The van der Waals surface area contributed by atoms with Crippen LogP contribution in [0.25, 0.3) is 0 Å². The molecule has 2 saturated heterocycles. The number of ether oxygens (including phenoxy) is 1. The van der Waals surface area contributed by atoms with E-state index >= 15 is 0 Å². The molecule has 2 fully saturated rings. The molecule has 134 valence electrons. The molecule has 0 radical (unpaired) electrons. The zero-order valence-corrected chi connectivity index (χ0v) is 15.2. The fraction of sp³-hybridized carbons (Fsp3) is 0.500. The number of hydrogen-bond acceptors (Lipinski definition) is 5. The van der Waals surface area contributed by atoms with E-state index in [1.54, 1.807) is 16.7 Å². The Labute approximate surface area is 151 Å². The van der Waals surface area contributed by atoms with Gasteiger partial charge in [0, 0.05) is 18.7 Å². The zero-order valence-electron chi connectivity index (χ0n) is 14.4. The Morgan fingerprint density at radius 3 is 2.92 bits per heavy atom. The summed E-state index contributed by atoms with van der Waals surface area (Å²) in [5.74, 6) is -0.347. The molecule has 2 aliphatic heterocycles. The molecule has 1 aromatic carbocycles. The summed E-state index contributed by atoms with van der Waals surface area (Å²) in [6, 6.07) is 7.18. The van der Waals surface area contributed by atoms with E-state index in [0.717, 1.165) is 17.5 Å². The van der Waals surface area contributed by atoms with Crippen molar-refractivity contribution in [1.82, 2.24) is 10.2 Å². The summed E-state index contributed by atoms with van der Waals surface area (Å²) in [5.41, 5.74) is 2.11. The predicted octanol–water partition coefficient (Wildman–Crippen LogP) is 1.61. The number of rotatable bonds is 5. The van der Waals surface area contributed by atoms with Gasteiger partial charge in [0.2, 0.25) is 5.91 Å². The minimum atomic E-state index is -0.589. The zero-order chi connectivity index (χ0) is 18.0. The SMILES string of the molecule is Cc1ccccc1CNC(=O)COC(=O)[C@@H]1CS[C@@]2(C)CCC(=O)N12. The second kappa shape index (κ2) is 7.07. The van der Waals surface area contributed by atoms with Gasteiger partial charge in [-0.2, -0.15) is 0 Å². The molecule has 2 atom stereocenters. The van der Waals surface area contributed by atoms with E-state index < -0.39 is 12.0 Å². The summed E-state index contributed by atoms with van der Waals surface area (Å²) in [6.45, 7) is 4.02. The molecule has 0 aromatic heterocycles. The number of hydrogen-bond donors (Lipinski definition) is 1. The number of fused-ring (bicyclic) bond motifs is 1. The van der Waals surface area contributed by atoms with Crippen LogP contribution in [0.1, 0.15) is 30.9 Å². The Morgan fingerprint density at radius 1 is 1.40 bits per heavy atom. The summed E-state index contributed by atoms with van der Waals surface area (Å²) in [4.78, 5) is 37.6. The Bertz CT molecular complexity index is 708. The second-order valence-corrected chi connectivity index (χ2v) is 8.08. The van der Waals surface area contributed by atoms with Crippen molar-refractivity contribution in [1.29, 1.82) is 0 Å². The van der Waals surface area contributed by atoms with E-state index in [1.165, 1.54) is 0 Å². The number of esters is 1. The number of carbonyl (C=O) groups excluding carboxylic acids is 3. The average molecular weight is 362 g/mol. The van der Waals surface area contributed by atoms with Crippen molar-refractivity contribution < 1.29 is 19.1 Å². The Balaban J connectivity index is 1.48. The lowest BCUT2D eigenvalue weighted by molar-refractivity contribution is -0.156. The predicted molar refractivity (Wildman–Crippen MR) is 94.7 cm³/mol. The first-order valence-electron chi connectivity index (χ1n) is 8.35. The third-order valence-corrected chi connectivity index (χ3v) is 6.30. The number of benzene rings is 1. The highest BCUT2D eigenvalue weighted by Gasteiger charge is 2.53. The quantitative estimate of drug-likeness (QED) is 0.806. The van der Waals surface area contributed by atoms with Gasteiger partial charge in [-0.15, -0.1) is 11.8 Å². The fourth-order valence-electron chi connectivity index (χ4n) is 3.28. The van der Waals surface area contributed by atoms with Crippen LogP contribution in [0.5, 0.6) is 0 Å². The van der Waals surface area contributed by atoms with E-state index in [2.05, 4.69) is 5.32 Å². The monoisotopic (exact) mass is 362 g/mol. The molecule has 2 heterocycles. The van der Waals surface area contributed by atoms with Gasteiger partial charge in [-0.25, -0.2) is 4.79 Å². The van der Waals surface area contributed by atoms with Crippen LogP contribution >= 0.6 is 11.8 Å². The van der Waals surface area contributed by atoms with Gasteiger partial charge in [0.15, 0.2) is 6.61 Å². The lowest BCUT2D eigenvalue weighted by Gasteiger charge is -2.29. The van der Waals surface area contributed by atoms with Crippen molar-refractivity contribution in [2.75, 3.05) is 12.4 Å². The Kier molecular flexibility index (Phi) is 5.03. The van der Waals surface area contributed by atoms with Crippen LogP contribution in [0.3, 0.4) is 0 Å². The molecule has 1 aromatic rings. The summed E-state index contributed by atoms with van der Waals surface area (Å²) in [6.07, 6.45) is 1.21. The van der Waals surface area contributed by atoms with Crippen molar-refractivity contribution in [2.24, 2.45) is 0 Å². The van der Waals surface area contributed by atoms with E-state index in [9.17, 15) is 14.4 Å². The van der Waals surface area contributed by atoms with Crippen molar-refractivity contribution >= 4 is 29.5 Å². The van der Waals surface area contributed by atoms with Crippen LogP contribution in [0, 0.1) is 6.92 Å². The molecule has 0 unspecified atom stereocenters. The molecule has 25 heavy (non-hydrogen) atoms. The van der Waals surface area contributed by atoms with Crippen LogP contribution in [-0.2, 0) is 25.7 Å². The molecule has 2 amide bonds. The van der Waals surface area contributed by atoms with Crippen LogP contribution in [0.15, 0.2) is 24.3 Å². The van der Waals surface area contributed by atoms with Gasteiger partial charge in [0.25, 0.3) is 5.91 Å². The van der Waals surface area contributed by atoms with Gasteiger partial charge in [-0.05, 0) is 31.4 Å². The van der Waals surface area contributed by atoms with E-state index in [1.807, 2.05) is 38.1 Å². The van der Waals surface area contributed by atoms with Crippen molar-refractivity contribution in [3.63, 3.8) is 0 Å². The molecule has 3 rings (SSSR count). The fourth-order valence-corrected chi connectivity index (χ4v) is 4.70. The van der Waals surface area contributed by atoms with Gasteiger partial charge < -0.3 is 15.0 Å². The highest BCUT2D eigenvalue weighted by molar-refractivity contribution is 8.01. The van der Waals surface area contributed by atoms with Crippen molar-refractivity contribution in [3.8, 4) is 0 Å². The van der Waals surface area contributed by atoms with E-state index in [-0.39, 0.29) is 23.3 Å². The van der Waals surface area contributed by atoms with Crippen molar-refractivity contribution in [3.05, 3.63) is 35.4 Å². The van der Waals surface area contributed by atoms with Crippen LogP contribution in [0.4, 0.5) is 0 Å². The number of nitrogens with zero attached hydrogens (tertiary/aromatic N) is 1. The highest BCUT2D eigenvalue weighted by Crippen LogP contribution is 2.47. The molecule has 6 nitrogen and oxygen atoms in total. The first kappa shape index (κ1) is 17.8. The largest absolute Gasteiger partial charge is 0.454 e. The maximum atomic E-state index is 12.3. The van der Waals surface area contributed by atoms with Gasteiger partial charge >= 0.3 is 5.97 Å². The lowest BCUT2D eigenvalue weighted by atomic mass is 10.1. The van der Waals surface area contributed by atoms with Crippen LogP contribution < -0.4 is 5.32 Å². The highest BCUT2D eigenvalue weighted by atomic mass is 32.2. The molecule has 2 aliphatic rings. The topological polar surface area (TPSA) is 75.7 Å². The maximum absolute atomic E-state index is 12.3. The molecule has 0 spiro atoms. The molecule has 0 saturated carbocycles. The standard InChI is InChI=1S/C18H22N2O4S/c1-12-5-3-4-6-13(12)9-19-15(21)10-24-17(23)14-11-25-18(2)8-7-16(22)20(14)18/h3-6,14H,7-11H2,1-2H3,(H,19,21)/t14-,18-/m0/s1. The number of aryl methyl sites for hydroxylation is 1. The van der Waals surface area contributed by atoms with Crippen LogP contribution in [0.2, 0.25) is 0 Å². The van der Waals surface area contributed by atoms with E-state index in [0.29, 0.717) is 18.7 Å². The van der Waals surface area contributed by atoms with Gasteiger partial charge in [-0.3, -0.25) is 9.59 Å². The number of nitrogens with one attached hydrogen (secondary N) is 1. The first-order valence-corrected chi connectivity index (χ1v) is 9.33. The molecule has 1 N–H and O–H groups in total. The van der Waals surface area contributed by atoms with E-state index in [4.69, 9.17) is 4.74 Å². The number of amides is 2. The smallest absolute Gasteiger partial charge is 0.330 e. The summed E-state index contributed by atoms with van der Waals surface area (Å²) in [7, 11) is 0. The second-order valence-electron chi connectivity index (χ2n) is 6.58. The molecular weight excluding hydrogens is 340 g/mol. The summed E-state index contributed by atoms with van der Waals surface area (Å²) in [5, 5.41) is 2.75. The molecule has 0 aliphatic carbocycles. The third kappa shape index (κ3) is 3.66. The average Bonchev–Trinajstić information content (AvgIpc) is 3.08. The Hall–Kier alpha value is -2.02. The Morgan fingerprint density at radius 2 is 2.16 bits per heavy atom. The number of carbonyl (C=O) groups is 3. The van der Waals surface area contributed by atoms with Crippen LogP contribution in [-0.4, -0.2) is 46.0 Å². The maximum Gasteiger partial charge on any atom is 0.330 e.